The van der Waals surface area contributed by atoms with E-state index in [2.05, 4.69) is 30.0 Å². The molecule has 0 aliphatic heterocycles. The Kier molecular flexibility index (Phi) is 6.27. The van der Waals surface area contributed by atoms with Gasteiger partial charge in [-0.3, -0.25) is 19.5 Å². The first-order valence-corrected chi connectivity index (χ1v) is 12.9. The van der Waals surface area contributed by atoms with Crippen LogP contribution in [-0.2, 0) is 10.0 Å². The van der Waals surface area contributed by atoms with Gasteiger partial charge < -0.3 is 10.1 Å². The van der Waals surface area contributed by atoms with Crippen molar-refractivity contribution in [2.24, 2.45) is 0 Å². The number of thiazole rings is 1. The third-order valence-electron chi connectivity index (χ3n) is 5.06. The van der Waals surface area contributed by atoms with E-state index in [0.717, 1.165) is 5.56 Å². The van der Waals surface area contributed by atoms with E-state index in [1.807, 2.05) is 30.3 Å². The van der Waals surface area contributed by atoms with Crippen molar-refractivity contribution >= 4 is 49.7 Å². The van der Waals surface area contributed by atoms with Crippen molar-refractivity contribution in [3.05, 3.63) is 84.3 Å². The molecule has 4 aromatic heterocycles. The van der Waals surface area contributed by atoms with Crippen LogP contribution in [0.25, 0.3) is 21.6 Å². The maximum absolute atomic E-state index is 13.3. The molecule has 36 heavy (non-hydrogen) atoms. The van der Waals surface area contributed by atoms with Crippen molar-refractivity contribution in [3.63, 3.8) is 0 Å². The molecule has 2 N–H and O–H groups in total. The average molecular weight is 519 g/mol. The van der Waals surface area contributed by atoms with Crippen LogP contribution in [0, 0.1) is 0 Å². The lowest BCUT2D eigenvalue weighted by atomic mass is 10.2. The molecule has 12 heteroatoms. The van der Waals surface area contributed by atoms with Crippen LogP contribution in [0.2, 0.25) is 0 Å². The number of carbonyl (C=O) groups is 1. The van der Waals surface area contributed by atoms with Gasteiger partial charge in [0.1, 0.15) is 16.2 Å². The lowest BCUT2D eigenvalue weighted by molar-refractivity contribution is 0.102. The summed E-state index contributed by atoms with van der Waals surface area (Å²) in [4.78, 5) is 29.4. The van der Waals surface area contributed by atoms with Gasteiger partial charge in [0.15, 0.2) is 4.90 Å². The molecule has 0 saturated heterocycles. The van der Waals surface area contributed by atoms with Gasteiger partial charge in [-0.05, 0) is 24.3 Å². The van der Waals surface area contributed by atoms with Crippen LogP contribution >= 0.6 is 11.3 Å². The molecule has 10 nitrogen and oxygen atoms in total. The van der Waals surface area contributed by atoms with E-state index < -0.39 is 15.9 Å². The Morgan fingerprint density at radius 1 is 1.00 bits per heavy atom. The fraction of sp³-hybridized carbons (Fsp3) is 0.0417. The van der Waals surface area contributed by atoms with E-state index in [9.17, 15) is 13.2 Å². The summed E-state index contributed by atoms with van der Waals surface area (Å²) in [7, 11) is -2.86. The van der Waals surface area contributed by atoms with Gasteiger partial charge in [0.05, 0.1) is 30.2 Å². The zero-order valence-electron chi connectivity index (χ0n) is 18.7. The monoisotopic (exact) mass is 518 g/mol. The van der Waals surface area contributed by atoms with E-state index in [-0.39, 0.29) is 27.8 Å². The maximum Gasteiger partial charge on any atom is 0.275 e. The number of carbonyl (C=O) groups excluding carboxylic acids is 1. The van der Waals surface area contributed by atoms with Crippen LogP contribution in [0.1, 0.15) is 10.5 Å². The number of methoxy groups -OCH3 is 1. The van der Waals surface area contributed by atoms with Crippen molar-refractivity contribution in [1.29, 1.82) is 0 Å². The number of hydrogen-bond acceptors (Lipinski definition) is 9. The summed E-state index contributed by atoms with van der Waals surface area (Å²) in [5.41, 5.74) is 2.41. The number of sulfonamides is 1. The first-order valence-electron chi connectivity index (χ1n) is 10.5. The highest BCUT2D eigenvalue weighted by Crippen LogP contribution is 2.29. The molecule has 4 heterocycles. The normalized spacial score (nSPS) is 11.2. The summed E-state index contributed by atoms with van der Waals surface area (Å²) in [6.07, 6.45) is 4.33. The van der Waals surface area contributed by atoms with Gasteiger partial charge in [-0.25, -0.2) is 18.4 Å². The lowest BCUT2D eigenvalue weighted by Gasteiger charge is -2.13. The molecule has 0 aliphatic carbocycles. The summed E-state index contributed by atoms with van der Waals surface area (Å²) >= 11 is 1.33. The van der Waals surface area contributed by atoms with Crippen LogP contribution in [0.3, 0.4) is 0 Å². The predicted molar refractivity (Wildman–Crippen MR) is 137 cm³/mol. The Labute approximate surface area is 210 Å². The molecule has 0 atom stereocenters. The number of fused-ring (bicyclic) bond motifs is 1. The molecule has 0 bridgehead atoms. The van der Waals surface area contributed by atoms with Crippen LogP contribution < -0.4 is 14.8 Å². The van der Waals surface area contributed by atoms with Crippen LogP contribution in [-0.4, -0.2) is 41.4 Å². The predicted octanol–water partition coefficient (Wildman–Crippen LogP) is 4.21. The summed E-state index contributed by atoms with van der Waals surface area (Å²) in [6, 6.07) is 15.7. The Morgan fingerprint density at radius 2 is 1.83 bits per heavy atom. The summed E-state index contributed by atoms with van der Waals surface area (Å²) < 4.78 is 34.3. The SMILES string of the molecule is COc1ncc(NC(=O)c2csc(-c3ccccc3)n2)cc1S(=O)(=O)Nc1ccnc2cccnc12. The zero-order chi connectivity index (χ0) is 25.1. The first-order chi connectivity index (χ1) is 17.4. The second-order valence-corrected chi connectivity index (χ2v) is 9.93. The van der Waals surface area contributed by atoms with Gasteiger partial charge in [0, 0.05) is 23.3 Å². The average Bonchev–Trinajstić information content (AvgIpc) is 3.40. The van der Waals surface area contributed by atoms with Gasteiger partial charge in [0.2, 0.25) is 5.88 Å². The highest BCUT2D eigenvalue weighted by atomic mass is 32.2. The van der Waals surface area contributed by atoms with Crippen LogP contribution in [0.4, 0.5) is 11.4 Å². The van der Waals surface area contributed by atoms with Crippen molar-refractivity contribution in [1.82, 2.24) is 19.9 Å². The molecular weight excluding hydrogens is 500 g/mol. The zero-order valence-corrected chi connectivity index (χ0v) is 20.4. The number of pyridine rings is 3. The number of nitrogens with one attached hydrogen (secondary N) is 2. The smallest absolute Gasteiger partial charge is 0.275 e. The van der Waals surface area contributed by atoms with Gasteiger partial charge in [-0.2, -0.15) is 0 Å². The third kappa shape index (κ3) is 4.72. The van der Waals surface area contributed by atoms with E-state index in [0.29, 0.717) is 16.0 Å². The standard InChI is InChI=1S/C24H18N6O4S2/c1-34-23-20(36(32,33)30-18-9-11-25-17-8-5-10-26-21(17)18)12-16(13-27-23)28-22(31)19-14-35-24(29-19)15-6-3-2-4-7-15/h2-14H,1H3,(H,25,30)(H,28,31). The molecule has 1 amide bonds. The van der Waals surface area contributed by atoms with E-state index in [4.69, 9.17) is 4.74 Å². The Balaban J connectivity index is 1.42. The van der Waals surface area contributed by atoms with Gasteiger partial charge in [-0.1, -0.05) is 30.3 Å². The molecule has 0 aliphatic rings. The second-order valence-electron chi connectivity index (χ2n) is 7.42. The number of nitrogens with zero attached hydrogens (tertiary/aromatic N) is 4. The number of rotatable bonds is 7. The van der Waals surface area contributed by atoms with Crippen molar-refractivity contribution in [2.45, 2.75) is 4.90 Å². The summed E-state index contributed by atoms with van der Waals surface area (Å²) in [5.74, 6) is -0.632. The van der Waals surface area contributed by atoms with Crippen molar-refractivity contribution in [2.75, 3.05) is 17.1 Å². The number of anilines is 2. The maximum atomic E-state index is 13.3. The van der Waals surface area contributed by atoms with Crippen molar-refractivity contribution < 1.29 is 17.9 Å². The largest absolute Gasteiger partial charge is 0.480 e. The topological polar surface area (TPSA) is 136 Å². The minimum Gasteiger partial charge on any atom is -0.480 e. The molecule has 0 radical (unpaired) electrons. The number of benzene rings is 1. The van der Waals surface area contributed by atoms with E-state index in [1.165, 1.54) is 43.0 Å². The summed E-state index contributed by atoms with van der Waals surface area (Å²) in [6.45, 7) is 0. The first kappa shape index (κ1) is 23.3. The van der Waals surface area contributed by atoms with E-state index >= 15 is 0 Å². The Morgan fingerprint density at radius 3 is 2.64 bits per heavy atom. The van der Waals surface area contributed by atoms with Gasteiger partial charge >= 0.3 is 0 Å². The highest BCUT2D eigenvalue weighted by molar-refractivity contribution is 7.92. The molecular formula is C24H18N6O4S2. The molecule has 0 spiro atoms. The number of amides is 1. The molecule has 1 aromatic carbocycles. The Hall–Kier alpha value is -4.42. The second kappa shape index (κ2) is 9.68. The van der Waals surface area contributed by atoms with Gasteiger partial charge in [0.25, 0.3) is 15.9 Å². The van der Waals surface area contributed by atoms with E-state index in [1.54, 1.807) is 23.7 Å². The quantitative estimate of drug-likeness (QED) is 0.327. The molecule has 0 unspecified atom stereocenters. The third-order valence-corrected chi connectivity index (χ3v) is 7.31. The minimum absolute atomic E-state index is 0.133. The number of aromatic nitrogens is 4. The highest BCUT2D eigenvalue weighted by Gasteiger charge is 2.24. The van der Waals surface area contributed by atoms with Crippen LogP contribution in [0.5, 0.6) is 5.88 Å². The lowest BCUT2D eigenvalue weighted by Crippen LogP contribution is -2.17. The fourth-order valence-corrected chi connectivity index (χ4v) is 5.41. The Bertz CT molecular complexity index is 1670. The molecule has 180 valence electrons. The number of hydrogen-bond donors (Lipinski definition) is 2. The molecule has 5 rings (SSSR count). The van der Waals surface area contributed by atoms with Crippen molar-refractivity contribution in [3.8, 4) is 16.5 Å². The fourth-order valence-electron chi connectivity index (χ4n) is 3.39. The molecule has 0 saturated carbocycles. The van der Waals surface area contributed by atoms with Crippen LogP contribution in [0.15, 0.2) is 83.5 Å². The molecule has 0 fully saturated rings. The minimum atomic E-state index is -4.17. The number of ether oxygens (including phenoxy) is 1. The molecule has 5 aromatic rings. The van der Waals surface area contributed by atoms with Gasteiger partial charge in [-0.15, -0.1) is 11.3 Å². The summed E-state index contributed by atoms with van der Waals surface area (Å²) in [5, 5.41) is 4.98.